The number of halogens is 1. The van der Waals surface area contributed by atoms with Crippen LogP contribution in [0.25, 0.3) is 10.9 Å². The molecule has 2 aromatic heterocycles. The first-order chi connectivity index (χ1) is 14.0. The summed E-state index contributed by atoms with van der Waals surface area (Å²) in [5.74, 6) is 0.771. The first kappa shape index (κ1) is 19.3. The molecule has 0 bridgehead atoms. The van der Waals surface area contributed by atoms with Crippen molar-refractivity contribution in [3.63, 3.8) is 0 Å². The molecule has 2 aromatic carbocycles. The molecule has 0 amide bonds. The fraction of sp³-hybridized carbons (Fsp3) is 0.0556. The van der Waals surface area contributed by atoms with Gasteiger partial charge in [0.15, 0.2) is 0 Å². The molecule has 0 atom stereocenters. The first-order valence-electron chi connectivity index (χ1n) is 8.48. The van der Waals surface area contributed by atoms with Crippen LogP contribution >= 0.6 is 15.9 Å². The number of aromatic nitrogens is 4. The van der Waals surface area contributed by atoms with E-state index in [-0.39, 0.29) is 4.90 Å². The van der Waals surface area contributed by atoms with Crippen LogP contribution in [0.4, 0.5) is 23.1 Å². The van der Waals surface area contributed by atoms with Crippen molar-refractivity contribution in [3.05, 3.63) is 59.3 Å². The number of H-pyrrole nitrogens is 1. The fourth-order valence-electron chi connectivity index (χ4n) is 2.70. The van der Waals surface area contributed by atoms with Gasteiger partial charge in [0.2, 0.25) is 16.0 Å². The van der Waals surface area contributed by atoms with Gasteiger partial charge in [-0.25, -0.2) is 18.1 Å². The molecule has 29 heavy (non-hydrogen) atoms. The van der Waals surface area contributed by atoms with E-state index in [1.54, 1.807) is 30.6 Å². The molecule has 2 heterocycles. The molecule has 0 aliphatic heterocycles. The average Bonchev–Trinajstić information content (AvgIpc) is 3.19. The minimum atomic E-state index is -3.63. The monoisotopic (exact) mass is 473 g/mol. The number of hydrogen-bond acceptors (Lipinski definition) is 7. The third-order valence-corrected chi connectivity index (χ3v) is 6.19. The fourth-order valence-corrected chi connectivity index (χ4v) is 3.88. The number of benzene rings is 2. The van der Waals surface area contributed by atoms with Crippen LogP contribution in [0.1, 0.15) is 0 Å². The SMILES string of the molecule is CNS(=O)(=O)c1ccccc1Nc1nc(Nc2ccc3cn[nH]c3c2)ncc1Br. The summed E-state index contributed by atoms with van der Waals surface area (Å²) >= 11 is 3.40. The molecule has 4 rings (SSSR count). The van der Waals surface area contributed by atoms with Crippen molar-refractivity contribution in [1.82, 2.24) is 24.9 Å². The Labute approximate surface area is 175 Å². The van der Waals surface area contributed by atoms with Gasteiger partial charge in [-0.1, -0.05) is 12.1 Å². The molecular weight excluding hydrogens is 458 g/mol. The van der Waals surface area contributed by atoms with Gasteiger partial charge in [-0.15, -0.1) is 0 Å². The predicted octanol–water partition coefficient (Wildman–Crippen LogP) is 3.51. The first-order valence-corrected chi connectivity index (χ1v) is 10.8. The van der Waals surface area contributed by atoms with Gasteiger partial charge in [0.05, 0.1) is 21.9 Å². The number of hydrogen-bond donors (Lipinski definition) is 4. The van der Waals surface area contributed by atoms with E-state index in [0.717, 1.165) is 16.6 Å². The third kappa shape index (κ3) is 4.06. The second kappa shape index (κ2) is 7.78. The van der Waals surface area contributed by atoms with Crippen molar-refractivity contribution in [3.8, 4) is 0 Å². The van der Waals surface area contributed by atoms with Crippen molar-refractivity contribution in [2.24, 2.45) is 0 Å². The molecule has 11 heteroatoms. The summed E-state index contributed by atoms with van der Waals surface area (Å²) in [7, 11) is -2.27. The van der Waals surface area contributed by atoms with E-state index >= 15 is 0 Å². The zero-order valence-electron chi connectivity index (χ0n) is 15.1. The van der Waals surface area contributed by atoms with E-state index in [1.165, 1.54) is 13.1 Å². The number of rotatable bonds is 6. The number of para-hydroxylation sites is 1. The van der Waals surface area contributed by atoms with Crippen LogP contribution in [0.5, 0.6) is 0 Å². The zero-order chi connectivity index (χ0) is 20.4. The summed E-state index contributed by atoms with van der Waals surface area (Å²) in [6.45, 7) is 0. The van der Waals surface area contributed by atoms with E-state index in [9.17, 15) is 8.42 Å². The van der Waals surface area contributed by atoms with Crippen molar-refractivity contribution in [2.45, 2.75) is 4.90 Å². The van der Waals surface area contributed by atoms with E-state index < -0.39 is 10.0 Å². The summed E-state index contributed by atoms with van der Waals surface area (Å²) < 4.78 is 27.5. The second-order valence-electron chi connectivity index (χ2n) is 6.02. The zero-order valence-corrected chi connectivity index (χ0v) is 17.5. The number of fused-ring (bicyclic) bond motifs is 1. The molecule has 0 saturated carbocycles. The highest BCUT2D eigenvalue weighted by Gasteiger charge is 2.17. The van der Waals surface area contributed by atoms with Crippen molar-refractivity contribution >= 4 is 60.0 Å². The normalized spacial score (nSPS) is 11.5. The summed E-state index contributed by atoms with van der Waals surface area (Å²) in [5, 5.41) is 14.1. The Morgan fingerprint density at radius 2 is 1.90 bits per heavy atom. The van der Waals surface area contributed by atoms with Crippen molar-refractivity contribution < 1.29 is 8.42 Å². The minimum absolute atomic E-state index is 0.118. The standard InChI is InChI=1S/C18H16BrN7O2S/c1-20-29(27,28)16-5-3-2-4-14(16)24-17-13(19)10-21-18(25-17)23-12-7-6-11-9-22-26-15(11)8-12/h2-10,20H,1H3,(H,22,26)(H2,21,23,24,25). The van der Waals surface area contributed by atoms with Crippen LogP contribution in [-0.4, -0.2) is 35.6 Å². The Hall–Kier alpha value is -3.02. The number of aromatic amines is 1. The van der Waals surface area contributed by atoms with Crippen LogP contribution in [-0.2, 0) is 10.0 Å². The highest BCUT2D eigenvalue weighted by Crippen LogP contribution is 2.29. The van der Waals surface area contributed by atoms with Gasteiger partial charge in [-0.05, 0) is 53.3 Å². The molecule has 0 aliphatic carbocycles. The smallest absolute Gasteiger partial charge is 0.242 e. The van der Waals surface area contributed by atoms with Crippen LogP contribution < -0.4 is 15.4 Å². The van der Waals surface area contributed by atoms with E-state index in [4.69, 9.17) is 0 Å². The van der Waals surface area contributed by atoms with Crippen LogP contribution in [0, 0.1) is 0 Å². The van der Waals surface area contributed by atoms with Gasteiger partial charge in [0.1, 0.15) is 10.7 Å². The van der Waals surface area contributed by atoms with Crippen molar-refractivity contribution in [2.75, 3.05) is 17.7 Å². The van der Waals surface area contributed by atoms with Gasteiger partial charge >= 0.3 is 0 Å². The van der Waals surface area contributed by atoms with Gasteiger partial charge < -0.3 is 10.6 Å². The Balaban J connectivity index is 1.64. The van der Waals surface area contributed by atoms with Gasteiger partial charge in [0.25, 0.3) is 0 Å². The molecule has 4 aromatic rings. The quantitative estimate of drug-likeness (QED) is 0.337. The Bertz CT molecular complexity index is 1290. The van der Waals surface area contributed by atoms with Gasteiger partial charge in [0, 0.05) is 17.3 Å². The van der Waals surface area contributed by atoms with E-state index in [1.807, 2.05) is 18.2 Å². The molecule has 0 fully saturated rings. The van der Waals surface area contributed by atoms with Crippen molar-refractivity contribution in [1.29, 1.82) is 0 Å². The summed E-state index contributed by atoms with van der Waals surface area (Å²) in [6.07, 6.45) is 3.33. The number of nitrogens with zero attached hydrogens (tertiary/aromatic N) is 3. The summed E-state index contributed by atoms with van der Waals surface area (Å²) in [4.78, 5) is 8.84. The molecule has 0 aliphatic rings. The number of sulfonamides is 1. The molecule has 0 spiro atoms. The topological polar surface area (TPSA) is 125 Å². The lowest BCUT2D eigenvalue weighted by molar-refractivity contribution is 0.588. The Morgan fingerprint density at radius 3 is 2.72 bits per heavy atom. The summed E-state index contributed by atoms with van der Waals surface area (Å²) in [6, 6.07) is 12.3. The van der Waals surface area contributed by atoms with Crippen LogP contribution in [0.15, 0.2) is 64.2 Å². The molecule has 4 N–H and O–H groups in total. The highest BCUT2D eigenvalue weighted by molar-refractivity contribution is 9.10. The lowest BCUT2D eigenvalue weighted by Gasteiger charge is -2.13. The van der Waals surface area contributed by atoms with Crippen LogP contribution in [0.3, 0.4) is 0 Å². The third-order valence-electron chi connectivity index (χ3n) is 4.14. The van der Waals surface area contributed by atoms with Gasteiger partial charge in [-0.3, -0.25) is 5.10 Å². The lowest BCUT2D eigenvalue weighted by Crippen LogP contribution is -2.19. The lowest BCUT2D eigenvalue weighted by atomic mass is 10.2. The molecule has 0 saturated heterocycles. The molecule has 0 radical (unpaired) electrons. The molecule has 9 nitrogen and oxygen atoms in total. The van der Waals surface area contributed by atoms with Gasteiger partial charge in [-0.2, -0.15) is 10.1 Å². The van der Waals surface area contributed by atoms with E-state index in [0.29, 0.717) is 21.9 Å². The highest BCUT2D eigenvalue weighted by atomic mass is 79.9. The number of anilines is 4. The van der Waals surface area contributed by atoms with Crippen LogP contribution in [0.2, 0.25) is 0 Å². The predicted molar refractivity (Wildman–Crippen MR) is 115 cm³/mol. The average molecular weight is 474 g/mol. The second-order valence-corrected chi connectivity index (χ2v) is 8.73. The summed E-state index contributed by atoms with van der Waals surface area (Å²) in [5.41, 5.74) is 2.07. The Morgan fingerprint density at radius 1 is 1.07 bits per heavy atom. The Kier molecular flexibility index (Phi) is 5.18. The maximum absolute atomic E-state index is 12.3. The molecular formula is C18H16BrN7O2S. The number of nitrogens with one attached hydrogen (secondary N) is 4. The maximum atomic E-state index is 12.3. The maximum Gasteiger partial charge on any atom is 0.242 e. The van der Waals surface area contributed by atoms with E-state index in [2.05, 4.69) is 51.5 Å². The minimum Gasteiger partial charge on any atom is -0.338 e. The largest absolute Gasteiger partial charge is 0.338 e. The molecule has 0 unspecified atom stereocenters. The molecule has 148 valence electrons.